The molecule has 66 valence electrons. The third kappa shape index (κ3) is 7.57. The molecular formula is C10H20O. The van der Waals surface area contributed by atoms with Crippen molar-refractivity contribution in [3.8, 4) is 0 Å². The summed E-state index contributed by atoms with van der Waals surface area (Å²) in [6, 6.07) is 0. The van der Waals surface area contributed by atoms with Crippen molar-refractivity contribution >= 4 is 5.78 Å². The van der Waals surface area contributed by atoms with Crippen LogP contribution in [0.5, 0.6) is 0 Å². The Morgan fingerprint density at radius 2 is 1.91 bits per heavy atom. The maximum Gasteiger partial charge on any atom is 0.132 e. The number of rotatable bonds is 6. The van der Waals surface area contributed by atoms with Gasteiger partial charge >= 0.3 is 0 Å². The van der Waals surface area contributed by atoms with Gasteiger partial charge in [0.1, 0.15) is 5.78 Å². The lowest BCUT2D eigenvalue weighted by Crippen LogP contribution is -1.95. The summed E-state index contributed by atoms with van der Waals surface area (Å²) in [5.41, 5.74) is 0. The average molecular weight is 156 g/mol. The van der Waals surface area contributed by atoms with E-state index in [9.17, 15) is 4.79 Å². The van der Waals surface area contributed by atoms with E-state index in [2.05, 4.69) is 13.8 Å². The van der Waals surface area contributed by atoms with E-state index in [1.54, 1.807) is 0 Å². The summed E-state index contributed by atoms with van der Waals surface area (Å²) in [6.45, 7) is 6.38. The molecule has 0 radical (unpaired) electrons. The van der Waals surface area contributed by atoms with E-state index >= 15 is 0 Å². The smallest absolute Gasteiger partial charge is 0.132 e. The lowest BCUT2D eigenvalue weighted by Gasteiger charge is -2.02. The van der Waals surface area contributed by atoms with Gasteiger partial charge in [-0.1, -0.05) is 33.6 Å². The highest BCUT2D eigenvalue weighted by atomic mass is 16.1. The van der Waals surface area contributed by atoms with Gasteiger partial charge in [0.2, 0.25) is 0 Å². The van der Waals surface area contributed by atoms with Gasteiger partial charge < -0.3 is 0 Å². The third-order valence-corrected chi connectivity index (χ3v) is 1.88. The summed E-state index contributed by atoms with van der Waals surface area (Å²) >= 11 is 0. The topological polar surface area (TPSA) is 17.1 Å². The molecule has 0 atom stereocenters. The van der Waals surface area contributed by atoms with Crippen LogP contribution in [-0.2, 0) is 4.79 Å². The van der Waals surface area contributed by atoms with Crippen LogP contribution in [0.15, 0.2) is 0 Å². The van der Waals surface area contributed by atoms with Crippen molar-refractivity contribution in [3.63, 3.8) is 0 Å². The first-order valence-corrected chi connectivity index (χ1v) is 4.68. The van der Waals surface area contributed by atoms with E-state index in [0.717, 1.165) is 18.8 Å². The fourth-order valence-corrected chi connectivity index (χ4v) is 1.05. The predicted molar refractivity (Wildman–Crippen MR) is 48.6 cm³/mol. The molecule has 0 saturated carbocycles. The summed E-state index contributed by atoms with van der Waals surface area (Å²) in [5.74, 6) is 1.19. The Balaban J connectivity index is 3.08. The fourth-order valence-electron chi connectivity index (χ4n) is 1.05. The van der Waals surface area contributed by atoms with Gasteiger partial charge in [-0.3, -0.25) is 4.79 Å². The molecule has 1 heteroatoms. The first-order valence-electron chi connectivity index (χ1n) is 4.68. The largest absolute Gasteiger partial charge is 0.300 e. The second-order valence-corrected chi connectivity index (χ2v) is 3.53. The standard InChI is InChI=1S/C10H20O/c1-4-10(11)8-6-5-7-9(2)3/h9H,4-8H2,1-3H3. The van der Waals surface area contributed by atoms with Gasteiger partial charge in [0.15, 0.2) is 0 Å². The van der Waals surface area contributed by atoms with Crippen LogP contribution in [0.1, 0.15) is 52.9 Å². The summed E-state index contributed by atoms with van der Waals surface area (Å²) < 4.78 is 0. The van der Waals surface area contributed by atoms with Gasteiger partial charge in [0, 0.05) is 12.8 Å². The summed E-state index contributed by atoms with van der Waals surface area (Å²) in [6.07, 6.45) is 5.07. The number of unbranched alkanes of at least 4 members (excludes halogenated alkanes) is 1. The fraction of sp³-hybridized carbons (Fsp3) is 0.900. The monoisotopic (exact) mass is 156 g/mol. The molecular weight excluding hydrogens is 136 g/mol. The van der Waals surface area contributed by atoms with Crippen molar-refractivity contribution in [2.45, 2.75) is 52.9 Å². The molecule has 0 aromatic carbocycles. The Morgan fingerprint density at radius 1 is 1.27 bits per heavy atom. The minimum absolute atomic E-state index is 0.411. The molecule has 0 spiro atoms. The molecule has 0 unspecified atom stereocenters. The van der Waals surface area contributed by atoms with Gasteiger partial charge in [0.25, 0.3) is 0 Å². The van der Waals surface area contributed by atoms with E-state index < -0.39 is 0 Å². The van der Waals surface area contributed by atoms with Gasteiger partial charge in [-0.05, 0) is 12.3 Å². The van der Waals surface area contributed by atoms with Crippen molar-refractivity contribution < 1.29 is 4.79 Å². The zero-order chi connectivity index (χ0) is 8.69. The molecule has 0 aromatic heterocycles. The molecule has 11 heavy (non-hydrogen) atoms. The first-order chi connectivity index (χ1) is 5.16. The molecule has 0 aliphatic carbocycles. The number of carbonyl (C=O) groups is 1. The zero-order valence-corrected chi connectivity index (χ0v) is 8.02. The van der Waals surface area contributed by atoms with Crippen LogP contribution in [0, 0.1) is 5.92 Å². The van der Waals surface area contributed by atoms with Crippen LogP contribution in [0.2, 0.25) is 0 Å². The summed E-state index contributed by atoms with van der Waals surface area (Å²) in [5, 5.41) is 0. The van der Waals surface area contributed by atoms with Crippen molar-refractivity contribution in [2.24, 2.45) is 5.92 Å². The predicted octanol–water partition coefficient (Wildman–Crippen LogP) is 3.18. The van der Waals surface area contributed by atoms with E-state index in [1.807, 2.05) is 6.92 Å². The molecule has 0 aliphatic heterocycles. The minimum Gasteiger partial charge on any atom is -0.300 e. The molecule has 0 amide bonds. The molecule has 1 nitrogen and oxygen atoms in total. The van der Waals surface area contributed by atoms with Crippen LogP contribution in [0.25, 0.3) is 0 Å². The highest BCUT2D eigenvalue weighted by Gasteiger charge is 1.98. The minimum atomic E-state index is 0.411. The lowest BCUT2D eigenvalue weighted by atomic mass is 10.0. The molecule has 0 bridgehead atoms. The Morgan fingerprint density at radius 3 is 2.36 bits per heavy atom. The molecule has 0 rings (SSSR count). The highest BCUT2D eigenvalue weighted by molar-refractivity contribution is 5.77. The SMILES string of the molecule is CCC(=O)CCCCC(C)C. The number of hydrogen-bond acceptors (Lipinski definition) is 1. The first kappa shape index (κ1) is 10.7. The number of ketones is 1. The molecule has 0 heterocycles. The van der Waals surface area contributed by atoms with Crippen LogP contribution in [-0.4, -0.2) is 5.78 Å². The number of carbonyl (C=O) groups excluding carboxylic acids is 1. The quantitative estimate of drug-likeness (QED) is 0.540. The molecule has 0 fully saturated rings. The zero-order valence-electron chi connectivity index (χ0n) is 8.02. The molecule has 0 aliphatic rings. The van der Waals surface area contributed by atoms with Crippen molar-refractivity contribution in [1.29, 1.82) is 0 Å². The molecule has 0 N–H and O–H groups in total. The number of hydrogen-bond donors (Lipinski definition) is 0. The highest BCUT2D eigenvalue weighted by Crippen LogP contribution is 2.08. The lowest BCUT2D eigenvalue weighted by molar-refractivity contribution is -0.118. The maximum atomic E-state index is 10.9. The van der Waals surface area contributed by atoms with Crippen molar-refractivity contribution in [1.82, 2.24) is 0 Å². The molecule has 0 saturated heterocycles. The Kier molecular flexibility index (Phi) is 6.19. The second kappa shape index (κ2) is 6.38. The van der Waals surface area contributed by atoms with Crippen LogP contribution < -0.4 is 0 Å². The van der Waals surface area contributed by atoms with Gasteiger partial charge in [0.05, 0.1) is 0 Å². The van der Waals surface area contributed by atoms with E-state index in [-0.39, 0.29) is 0 Å². The Hall–Kier alpha value is -0.330. The number of Topliss-reactive ketones (excluding diaryl/α,β-unsaturated/α-hetero) is 1. The van der Waals surface area contributed by atoms with Gasteiger partial charge in [-0.15, -0.1) is 0 Å². The van der Waals surface area contributed by atoms with Crippen molar-refractivity contribution in [3.05, 3.63) is 0 Å². The van der Waals surface area contributed by atoms with Crippen LogP contribution in [0.4, 0.5) is 0 Å². The average Bonchev–Trinajstić information content (AvgIpc) is 1.97. The van der Waals surface area contributed by atoms with Gasteiger partial charge in [-0.2, -0.15) is 0 Å². The van der Waals surface area contributed by atoms with E-state index in [1.165, 1.54) is 12.8 Å². The third-order valence-electron chi connectivity index (χ3n) is 1.88. The van der Waals surface area contributed by atoms with Crippen LogP contribution in [0.3, 0.4) is 0 Å². The Labute approximate surface area is 70.2 Å². The van der Waals surface area contributed by atoms with Gasteiger partial charge in [-0.25, -0.2) is 0 Å². The molecule has 0 aromatic rings. The second-order valence-electron chi connectivity index (χ2n) is 3.53. The van der Waals surface area contributed by atoms with E-state index in [0.29, 0.717) is 12.2 Å². The Bertz CT molecular complexity index is 105. The maximum absolute atomic E-state index is 10.9. The van der Waals surface area contributed by atoms with Crippen molar-refractivity contribution in [2.75, 3.05) is 0 Å². The summed E-state index contributed by atoms with van der Waals surface area (Å²) in [7, 11) is 0. The normalized spacial score (nSPS) is 10.5. The van der Waals surface area contributed by atoms with E-state index in [4.69, 9.17) is 0 Å². The summed E-state index contributed by atoms with van der Waals surface area (Å²) in [4.78, 5) is 10.9. The van der Waals surface area contributed by atoms with Crippen LogP contribution >= 0.6 is 0 Å².